The van der Waals surface area contributed by atoms with E-state index in [0.717, 1.165) is 25.9 Å². The van der Waals surface area contributed by atoms with Crippen LogP contribution < -0.4 is 10.0 Å². The summed E-state index contributed by atoms with van der Waals surface area (Å²) in [4.78, 5) is 0. The van der Waals surface area contributed by atoms with E-state index in [4.69, 9.17) is 4.74 Å². The highest BCUT2D eigenvalue weighted by atomic mass is 32.2. The van der Waals surface area contributed by atoms with E-state index in [1.54, 1.807) is 6.92 Å². The highest BCUT2D eigenvalue weighted by Gasteiger charge is 2.21. The Hall–Kier alpha value is -0.170. The van der Waals surface area contributed by atoms with Crippen molar-refractivity contribution in [3.8, 4) is 0 Å². The Bertz CT molecular complexity index is 273. The maximum Gasteiger partial charge on any atom is 0.214 e. The second kappa shape index (κ2) is 5.79. The summed E-state index contributed by atoms with van der Waals surface area (Å²) >= 11 is 0. The first-order valence-electron chi connectivity index (χ1n) is 5.27. The first kappa shape index (κ1) is 12.9. The molecule has 1 fully saturated rings. The van der Waals surface area contributed by atoms with Crippen molar-refractivity contribution in [1.82, 2.24) is 10.0 Å². The molecule has 0 bridgehead atoms. The maximum absolute atomic E-state index is 11.6. The largest absolute Gasteiger partial charge is 0.381 e. The first-order valence-corrected chi connectivity index (χ1v) is 6.92. The van der Waals surface area contributed by atoms with Gasteiger partial charge < -0.3 is 10.1 Å². The van der Waals surface area contributed by atoms with Crippen molar-refractivity contribution in [3.63, 3.8) is 0 Å². The van der Waals surface area contributed by atoms with E-state index >= 15 is 0 Å². The Morgan fingerprint density at radius 1 is 1.60 bits per heavy atom. The second-order valence-corrected chi connectivity index (χ2v) is 5.79. The van der Waals surface area contributed by atoms with E-state index in [2.05, 4.69) is 10.0 Å². The minimum Gasteiger partial charge on any atom is -0.381 e. The van der Waals surface area contributed by atoms with Crippen LogP contribution in [0, 0.1) is 0 Å². The van der Waals surface area contributed by atoms with E-state index in [1.807, 2.05) is 0 Å². The standard InChI is InChI=1S/C9H20N2O3S/c1-8(14-2)7-15(12,13)11-9-4-3-5-10-6-9/h8-11H,3-7H2,1-2H3/t8?,9-/m1/s1. The summed E-state index contributed by atoms with van der Waals surface area (Å²) in [6.07, 6.45) is 1.67. The van der Waals surface area contributed by atoms with Crippen LogP contribution in [0.4, 0.5) is 0 Å². The molecule has 1 heterocycles. The molecule has 0 spiro atoms. The van der Waals surface area contributed by atoms with Crippen LogP contribution in [-0.4, -0.2) is 46.5 Å². The molecule has 0 radical (unpaired) electrons. The molecule has 0 aromatic rings. The summed E-state index contributed by atoms with van der Waals surface area (Å²) in [6, 6.07) is 0.0350. The number of nitrogens with one attached hydrogen (secondary N) is 2. The molecule has 0 aliphatic carbocycles. The molecule has 1 aliphatic rings. The third kappa shape index (κ3) is 4.92. The number of piperidine rings is 1. The van der Waals surface area contributed by atoms with E-state index in [-0.39, 0.29) is 17.9 Å². The lowest BCUT2D eigenvalue weighted by Gasteiger charge is -2.24. The Morgan fingerprint density at radius 2 is 2.33 bits per heavy atom. The zero-order valence-corrected chi connectivity index (χ0v) is 10.1. The monoisotopic (exact) mass is 236 g/mol. The molecule has 90 valence electrons. The van der Waals surface area contributed by atoms with Crippen LogP contribution in [0.2, 0.25) is 0 Å². The summed E-state index contributed by atoms with van der Waals surface area (Å²) in [5.41, 5.74) is 0. The SMILES string of the molecule is COC(C)CS(=O)(=O)N[C@@H]1CCCNC1. The fourth-order valence-corrected chi connectivity index (χ4v) is 3.19. The summed E-state index contributed by atoms with van der Waals surface area (Å²) < 4.78 is 30.9. The fraction of sp³-hybridized carbons (Fsp3) is 1.00. The third-order valence-corrected chi connectivity index (χ3v) is 4.10. The minimum atomic E-state index is -3.21. The lowest BCUT2D eigenvalue weighted by Crippen LogP contribution is -2.47. The zero-order valence-electron chi connectivity index (χ0n) is 9.32. The molecule has 2 N–H and O–H groups in total. The highest BCUT2D eigenvalue weighted by Crippen LogP contribution is 2.04. The van der Waals surface area contributed by atoms with E-state index < -0.39 is 10.0 Å². The van der Waals surface area contributed by atoms with Crippen LogP contribution in [0.25, 0.3) is 0 Å². The third-order valence-electron chi connectivity index (χ3n) is 2.50. The van der Waals surface area contributed by atoms with Crippen molar-refractivity contribution in [2.24, 2.45) is 0 Å². The number of sulfonamides is 1. The molecule has 1 saturated heterocycles. The molecular weight excluding hydrogens is 216 g/mol. The van der Waals surface area contributed by atoms with Gasteiger partial charge in [0.1, 0.15) is 0 Å². The van der Waals surface area contributed by atoms with Crippen molar-refractivity contribution in [2.75, 3.05) is 26.0 Å². The predicted molar refractivity (Wildman–Crippen MR) is 59.3 cm³/mol. The summed E-state index contributed by atoms with van der Waals surface area (Å²) in [5.74, 6) is 0.0278. The van der Waals surface area contributed by atoms with Gasteiger partial charge in [-0.2, -0.15) is 0 Å². The van der Waals surface area contributed by atoms with Crippen LogP contribution in [0.1, 0.15) is 19.8 Å². The normalized spacial score (nSPS) is 25.1. The molecule has 0 aromatic carbocycles. The van der Waals surface area contributed by atoms with Gasteiger partial charge in [-0.15, -0.1) is 0 Å². The summed E-state index contributed by atoms with van der Waals surface area (Å²) in [5, 5.41) is 3.17. The topological polar surface area (TPSA) is 67.4 Å². The Balaban J connectivity index is 2.40. The Morgan fingerprint density at radius 3 is 2.87 bits per heavy atom. The van der Waals surface area contributed by atoms with E-state index in [9.17, 15) is 8.42 Å². The number of ether oxygens (including phenoxy) is 1. The number of hydrogen-bond donors (Lipinski definition) is 2. The van der Waals surface area contributed by atoms with Crippen molar-refractivity contribution >= 4 is 10.0 Å². The fourth-order valence-electron chi connectivity index (χ4n) is 1.63. The van der Waals surface area contributed by atoms with Gasteiger partial charge in [-0.05, 0) is 26.3 Å². The van der Waals surface area contributed by atoms with Crippen molar-refractivity contribution in [2.45, 2.75) is 31.9 Å². The van der Waals surface area contributed by atoms with Crippen molar-refractivity contribution in [1.29, 1.82) is 0 Å². The molecular formula is C9H20N2O3S. The zero-order chi connectivity index (χ0) is 11.3. The van der Waals surface area contributed by atoms with Gasteiger partial charge in [-0.25, -0.2) is 13.1 Å². The molecule has 15 heavy (non-hydrogen) atoms. The molecule has 0 aromatic heterocycles. The van der Waals surface area contributed by atoms with Crippen LogP contribution >= 0.6 is 0 Å². The van der Waals surface area contributed by atoms with Gasteiger partial charge in [0.15, 0.2) is 0 Å². The average molecular weight is 236 g/mol. The minimum absolute atomic E-state index is 0.0278. The molecule has 2 atom stereocenters. The number of methoxy groups -OCH3 is 1. The van der Waals surface area contributed by atoms with Gasteiger partial charge in [0.25, 0.3) is 0 Å². The first-order chi connectivity index (χ1) is 7.03. The number of hydrogen-bond acceptors (Lipinski definition) is 4. The highest BCUT2D eigenvalue weighted by molar-refractivity contribution is 7.89. The molecule has 6 heteroatoms. The molecule has 0 saturated carbocycles. The van der Waals surface area contributed by atoms with E-state index in [1.165, 1.54) is 7.11 Å². The van der Waals surface area contributed by atoms with Crippen LogP contribution in [-0.2, 0) is 14.8 Å². The van der Waals surface area contributed by atoms with Gasteiger partial charge >= 0.3 is 0 Å². The van der Waals surface area contributed by atoms with Crippen LogP contribution in [0.5, 0.6) is 0 Å². The van der Waals surface area contributed by atoms with Crippen molar-refractivity contribution in [3.05, 3.63) is 0 Å². The molecule has 1 aliphatic heterocycles. The van der Waals surface area contributed by atoms with Gasteiger partial charge in [-0.1, -0.05) is 0 Å². The molecule has 5 nitrogen and oxygen atoms in total. The Labute approximate surface area is 91.6 Å². The van der Waals surface area contributed by atoms with Crippen LogP contribution in [0.15, 0.2) is 0 Å². The van der Waals surface area contributed by atoms with Gasteiger partial charge in [0.05, 0.1) is 11.9 Å². The number of rotatable bonds is 5. The summed E-state index contributed by atoms with van der Waals surface area (Å²) in [6.45, 7) is 3.45. The maximum atomic E-state index is 11.6. The smallest absolute Gasteiger partial charge is 0.214 e. The summed E-state index contributed by atoms with van der Waals surface area (Å²) in [7, 11) is -1.69. The lowest BCUT2D eigenvalue weighted by atomic mass is 10.1. The molecule has 0 amide bonds. The lowest BCUT2D eigenvalue weighted by molar-refractivity contribution is 0.136. The molecule has 1 rings (SSSR count). The average Bonchev–Trinajstić information content (AvgIpc) is 2.17. The van der Waals surface area contributed by atoms with Gasteiger partial charge in [-0.3, -0.25) is 0 Å². The van der Waals surface area contributed by atoms with Crippen molar-refractivity contribution < 1.29 is 13.2 Å². The Kier molecular flexibility index (Phi) is 4.98. The van der Waals surface area contributed by atoms with E-state index in [0.29, 0.717) is 0 Å². The predicted octanol–water partition coefficient (Wildman–Crippen LogP) is -0.307. The molecule has 1 unspecified atom stereocenters. The second-order valence-electron chi connectivity index (χ2n) is 3.99. The quantitative estimate of drug-likeness (QED) is 0.687. The van der Waals surface area contributed by atoms with Crippen LogP contribution in [0.3, 0.4) is 0 Å². The van der Waals surface area contributed by atoms with Gasteiger partial charge in [0, 0.05) is 19.7 Å². The van der Waals surface area contributed by atoms with Gasteiger partial charge in [0.2, 0.25) is 10.0 Å².